The number of aromatic nitrogens is 2. The van der Waals surface area contributed by atoms with E-state index in [1.807, 2.05) is 0 Å². The lowest BCUT2D eigenvalue weighted by atomic mass is 10.4. The Kier molecular flexibility index (Phi) is 5.09. The number of pyridine rings is 2. The fourth-order valence-corrected chi connectivity index (χ4v) is 3.30. The van der Waals surface area contributed by atoms with Crippen LogP contribution in [0.25, 0.3) is 0 Å². The van der Waals surface area contributed by atoms with Crippen LogP contribution in [0.15, 0.2) is 34.0 Å². The van der Waals surface area contributed by atoms with Crippen LogP contribution in [0, 0.1) is 0 Å². The second-order valence-electron chi connectivity index (χ2n) is 4.01. The molecule has 2 rings (SSSR count). The predicted molar refractivity (Wildman–Crippen MR) is 84.8 cm³/mol. The van der Waals surface area contributed by atoms with Crippen LogP contribution in [-0.4, -0.2) is 30.1 Å². The van der Waals surface area contributed by atoms with Crippen LogP contribution in [0.5, 0.6) is 11.6 Å². The Morgan fingerprint density at radius 1 is 1.41 bits per heavy atom. The van der Waals surface area contributed by atoms with E-state index in [1.165, 1.54) is 12.3 Å². The summed E-state index contributed by atoms with van der Waals surface area (Å²) < 4.78 is 32.4. The maximum absolute atomic E-state index is 12.3. The molecule has 22 heavy (non-hydrogen) atoms. The molecule has 0 unspecified atom stereocenters. The van der Waals surface area contributed by atoms with E-state index < -0.39 is 15.8 Å². The van der Waals surface area contributed by atoms with Gasteiger partial charge in [-0.1, -0.05) is 11.6 Å². The largest absolute Gasteiger partial charge is 0.504 e. The maximum atomic E-state index is 12.3. The zero-order valence-electron chi connectivity index (χ0n) is 11.2. The van der Waals surface area contributed by atoms with Gasteiger partial charge in [-0.2, -0.15) is 0 Å². The molecule has 0 atom stereocenters. The van der Waals surface area contributed by atoms with Crippen LogP contribution in [0.3, 0.4) is 0 Å². The van der Waals surface area contributed by atoms with Crippen LogP contribution in [-0.2, 0) is 10.0 Å². The smallest absolute Gasteiger partial charge is 0.263 e. The molecule has 7 nitrogen and oxygen atoms in total. The third kappa shape index (κ3) is 3.60. The molecule has 0 saturated carbocycles. The van der Waals surface area contributed by atoms with Gasteiger partial charge in [-0.25, -0.2) is 13.4 Å². The van der Waals surface area contributed by atoms with Gasteiger partial charge in [-0.15, -0.1) is 0 Å². The molecule has 0 aliphatic heterocycles. The summed E-state index contributed by atoms with van der Waals surface area (Å²) >= 11 is 8.88. The van der Waals surface area contributed by atoms with Gasteiger partial charge in [0.15, 0.2) is 5.75 Å². The van der Waals surface area contributed by atoms with Crippen molar-refractivity contribution in [2.45, 2.75) is 11.8 Å². The highest BCUT2D eigenvalue weighted by Gasteiger charge is 2.19. The van der Waals surface area contributed by atoms with Gasteiger partial charge in [-0.05, 0) is 28.9 Å². The maximum Gasteiger partial charge on any atom is 0.263 e. The van der Waals surface area contributed by atoms with Crippen LogP contribution in [0.4, 0.5) is 5.69 Å². The Balaban J connectivity index is 2.35. The van der Waals surface area contributed by atoms with Crippen LogP contribution in [0.1, 0.15) is 6.92 Å². The summed E-state index contributed by atoms with van der Waals surface area (Å²) in [6.07, 6.45) is 3.49. The number of ether oxygens (including phenoxy) is 1. The van der Waals surface area contributed by atoms with Crippen molar-refractivity contribution in [1.29, 1.82) is 0 Å². The number of nitrogens with zero attached hydrogens (tertiary/aromatic N) is 2. The van der Waals surface area contributed by atoms with Crippen molar-refractivity contribution in [3.8, 4) is 11.6 Å². The Labute approximate surface area is 140 Å². The van der Waals surface area contributed by atoms with Gasteiger partial charge >= 0.3 is 0 Å². The van der Waals surface area contributed by atoms with Crippen molar-refractivity contribution in [2.75, 3.05) is 11.3 Å². The Morgan fingerprint density at radius 2 is 2.14 bits per heavy atom. The SMILES string of the molecule is CCOc1ncc(S(=O)(=O)Nc2cncc(Cl)c2O)cc1Br. The Morgan fingerprint density at radius 3 is 2.77 bits per heavy atom. The first kappa shape index (κ1) is 16.8. The van der Waals surface area contributed by atoms with E-state index in [9.17, 15) is 13.5 Å². The van der Waals surface area contributed by atoms with Crippen molar-refractivity contribution in [3.63, 3.8) is 0 Å². The predicted octanol–water partition coefficient (Wildman–Crippen LogP) is 2.80. The molecule has 0 amide bonds. The summed E-state index contributed by atoms with van der Waals surface area (Å²) in [7, 11) is -3.96. The summed E-state index contributed by atoms with van der Waals surface area (Å²) in [6.45, 7) is 2.19. The first-order valence-corrected chi connectivity index (χ1v) is 8.64. The molecule has 0 spiro atoms. The van der Waals surface area contributed by atoms with Gasteiger partial charge < -0.3 is 9.84 Å². The third-order valence-electron chi connectivity index (χ3n) is 2.49. The fraction of sp³-hybridized carbons (Fsp3) is 0.167. The van der Waals surface area contributed by atoms with Gasteiger partial charge in [0.1, 0.15) is 15.6 Å². The highest BCUT2D eigenvalue weighted by molar-refractivity contribution is 9.10. The molecule has 0 fully saturated rings. The van der Waals surface area contributed by atoms with Crippen LogP contribution < -0.4 is 9.46 Å². The standard InChI is InChI=1S/C12H11BrClN3O4S/c1-2-21-12-8(13)3-7(4-16-12)22(19,20)17-10-6-15-5-9(14)11(10)18/h3-6,17H,2H2,1H3,(H,15,18). The highest BCUT2D eigenvalue weighted by atomic mass is 79.9. The summed E-state index contributed by atoms with van der Waals surface area (Å²) in [6, 6.07) is 1.34. The van der Waals surface area contributed by atoms with Crippen molar-refractivity contribution in [2.24, 2.45) is 0 Å². The topological polar surface area (TPSA) is 101 Å². The lowest BCUT2D eigenvalue weighted by Crippen LogP contribution is -2.14. The number of anilines is 1. The number of rotatable bonds is 5. The molecule has 0 aliphatic rings. The molecule has 118 valence electrons. The van der Waals surface area contributed by atoms with E-state index in [2.05, 4.69) is 30.6 Å². The molecule has 0 radical (unpaired) electrons. The quantitative estimate of drug-likeness (QED) is 0.789. The zero-order chi connectivity index (χ0) is 16.3. The first-order chi connectivity index (χ1) is 10.3. The first-order valence-electron chi connectivity index (χ1n) is 5.98. The van der Waals surface area contributed by atoms with Crippen molar-refractivity contribution in [1.82, 2.24) is 9.97 Å². The minimum Gasteiger partial charge on any atom is -0.504 e. The highest BCUT2D eigenvalue weighted by Crippen LogP contribution is 2.32. The van der Waals surface area contributed by atoms with E-state index in [1.54, 1.807) is 6.92 Å². The molecular weight excluding hydrogens is 398 g/mol. The third-order valence-corrected chi connectivity index (χ3v) is 4.67. The van der Waals surface area contributed by atoms with Crippen molar-refractivity contribution >= 4 is 43.2 Å². The molecule has 0 aromatic carbocycles. The second-order valence-corrected chi connectivity index (χ2v) is 6.96. The summed E-state index contributed by atoms with van der Waals surface area (Å²) in [5.74, 6) is -0.119. The number of aromatic hydroxyl groups is 1. The minimum absolute atomic E-state index is 0.0637. The summed E-state index contributed by atoms with van der Waals surface area (Å²) in [5, 5.41) is 9.67. The van der Waals surface area contributed by atoms with E-state index in [4.69, 9.17) is 16.3 Å². The molecule has 2 aromatic rings. The van der Waals surface area contributed by atoms with Gasteiger partial charge in [0.25, 0.3) is 10.0 Å². The molecule has 2 N–H and O–H groups in total. The van der Waals surface area contributed by atoms with Gasteiger partial charge in [0, 0.05) is 6.20 Å². The van der Waals surface area contributed by atoms with Gasteiger partial charge in [-0.3, -0.25) is 9.71 Å². The summed E-state index contributed by atoms with van der Waals surface area (Å²) in [4.78, 5) is 7.53. The normalized spacial score (nSPS) is 11.2. The molecule has 2 heterocycles. The number of nitrogens with one attached hydrogen (secondary N) is 1. The minimum atomic E-state index is -3.96. The summed E-state index contributed by atoms with van der Waals surface area (Å²) in [5.41, 5.74) is -0.127. The molecule has 0 saturated heterocycles. The van der Waals surface area contributed by atoms with Gasteiger partial charge in [0.2, 0.25) is 5.88 Å². The molecule has 0 aliphatic carbocycles. The van der Waals surface area contributed by atoms with Crippen molar-refractivity contribution < 1.29 is 18.3 Å². The van der Waals surface area contributed by atoms with E-state index in [0.717, 1.165) is 12.4 Å². The molecule has 2 aromatic heterocycles. The number of sulfonamides is 1. The number of hydrogen-bond donors (Lipinski definition) is 2. The molecule has 0 bridgehead atoms. The van der Waals surface area contributed by atoms with Crippen molar-refractivity contribution in [3.05, 3.63) is 34.2 Å². The van der Waals surface area contributed by atoms with Crippen LogP contribution >= 0.6 is 27.5 Å². The van der Waals surface area contributed by atoms with Crippen LogP contribution in [0.2, 0.25) is 5.02 Å². The lowest BCUT2D eigenvalue weighted by molar-refractivity contribution is 0.324. The second kappa shape index (κ2) is 6.67. The average Bonchev–Trinajstić information content (AvgIpc) is 2.46. The number of hydrogen-bond acceptors (Lipinski definition) is 6. The average molecular weight is 409 g/mol. The van der Waals surface area contributed by atoms with E-state index in [0.29, 0.717) is 11.1 Å². The van der Waals surface area contributed by atoms with Gasteiger partial charge in [0.05, 0.1) is 23.5 Å². The Bertz CT molecular complexity index is 801. The fourth-order valence-electron chi connectivity index (χ4n) is 1.50. The monoisotopic (exact) mass is 407 g/mol. The lowest BCUT2D eigenvalue weighted by Gasteiger charge is -2.11. The zero-order valence-corrected chi connectivity index (χ0v) is 14.4. The van der Waals surface area contributed by atoms with E-state index in [-0.39, 0.29) is 21.5 Å². The van der Waals surface area contributed by atoms with E-state index >= 15 is 0 Å². The molecule has 10 heteroatoms. The Hall–Kier alpha value is -1.58. The number of halogens is 2. The molecular formula is C12H11BrClN3O4S.